The molecule has 6 rings (SSSR count). The Hall–Kier alpha value is -4.36. The SMILES string of the molecule is Cn1c(=O)n(CCN2CCN(c3ccc(OCC(C)(C)O)cc3F)CC2)c2nc(N)n3nc(-c4ccco4)cc3c21. The second-order valence-electron chi connectivity index (χ2n) is 11.0. The number of piperazine rings is 1. The number of nitrogens with two attached hydrogens (primary N) is 1. The number of anilines is 2. The summed E-state index contributed by atoms with van der Waals surface area (Å²) in [5, 5.41) is 14.4. The van der Waals surface area contributed by atoms with Gasteiger partial charge in [-0.05, 0) is 44.2 Å². The van der Waals surface area contributed by atoms with E-state index >= 15 is 0 Å². The highest BCUT2D eigenvalue weighted by molar-refractivity contribution is 5.91. The summed E-state index contributed by atoms with van der Waals surface area (Å²) < 4.78 is 30.6. The maximum absolute atomic E-state index is 14.9. The summed E-state index contributed by atoms with van der Waals surface area (Å²) in [6.07, 6.45) is 1.57. The normalized spacial score (nSPS) is 14.9. The third kappa shape index (κ3) is 5.13. The van der Waals surface area contributed by atoms with Gasteiger partial charge < -0.3 is 24.9 Å². The number of hydrogen-bond donors (Lipinski definition) is 2. The van der Waals surface area contributed by atoms with Gasteiger partial charge in [-0.15, -0.1) is 0 Å². The highest BCUT2D eigenvalue weighted by Gasteiger charge is 2.23. The minimum absolute atomic E-state index is 0.0751. The van der Waals surface area contributed by atoms with E-state index in [1.807, 2.05) is 17.0 Å². The van der Waals surface area contributed by atoms with Crippen molar-refractivity contribution in [1.29, 1.82) is 0 Å². The van der Waals surface area contributed by atoms with Crippen molar-refractivity contribution >= 4 is 28.3 Å². The van der Waals surface area contributed by atoms with Gasteiger partial charge in [-0.3, -0.25) is 14.0 Å². The van der Waals surface area contributed by atoms with Gasteiger partial charge in [0.05, 0.1) is 23.1 Å². The fourth-order valence-electron chi connectivity index (χ4n) is 5.22. The molecular formula is C28H33FN8O4. The lowest BCUT2D eigenvalue weighted by Crippen LogP contribution is -2.47. The fourth-order valence-corrected chi connectivity index (χ4v) is 5.22. The zero-order valence-electron chi connectivity index (χ0n) is 23.2. The first-order chi connectivity index (χ1) is 19.6. The van der Waals surface area contributed by atoms with Crippen molar-refractivity contribution in [3.63, 3.8) is 0 Å². The Labute approximate surface area is 234 Å². The van der Waals surface area contributed by atoms with E-state index in [9.17, 15) is 14.3 Å². The molecule has 0 saturated carbocycles. The smallest absolute Gasteiger partial charge is 0.330 e. The van der Waals surface area contributed by atoms with Crippen LogP contribution in [0.3, 0.4) is 0 Å². The van der Waals surface area contributed by atoms with Crippen LogP contribution in [0, 0.1) is 5.82 Å². The molecule has 0 amide bonds. The number of hydrogen-bond acceptors (Lipinski definition) is 9. The first-order valence-electron chi connectivity index (χ1n) is 13.5. The lowest BCUT2D eigenvalue weighted by atomic mass is 10.1. The Morgan fingerprint density at radius 1 is 1.15 bits per heavy atom. The summed E-state index contributed by atoms with van der Waals surface area (Å²) in [5.41, 5.74) is 8.00. The minimum Gasteiger partial charge on any atom is -0.491 e. The molecule has 0 unspecified atom stereocenters. The molecule has 1 aromatic carbocycles. The number of benzene rings is 1. The van der Waals surface area contributed by atoms with Gasteiger partial charge >= 0.3 is 5.69 Å². The molecule has 13 heteroatoms. The predicted octanol–water partition coefficient (Wildman–Crippen LogP) is 2.34. The summed E-state index contributed by atoms with van der Waals surface area (Å²) in [5.74, 6) is 0.794. The first kappa shape index (κ1) is 26.8. The number of aryl methyl sites for hydroxylation is 1. The summed E-state index contributed by atoms with van der Waals surface area (Å²) in [6, 6.07) is 10.2. The maximum Gasteiger partial charge on any atom is 0.330 e. The van der Waals surface area contributed by atoms with Crippen molar-refractivity contribution in [2.24, 2.45) is 7.05 Å². The van der Waals surface area contributed by atoms with E-state index in [1.165, 1.54) is 10.6 Å². The molecule has 216 valence electrons. The van der Waals surface area contributed by atoms with E-state index in [0.717, 1.165) is 0 Å². The quantitative estimate of drug-likeness (QED) is 0.291. The monoisotopic (exact) mass is 564 g/mol. The minimum atomic E-state index is -0.999. The summed E-state index contributed by atoms with van der Waals surface area (Å²) in [4.78, 5) is 22.0. The number of furan rings is 1. The van der Waals surface area contributed by atoms with E-state index in [2.05, 4.69) is 15.0 Å². The molecule has 1 fully saturated rings. The van der Waals surface area contributed by atoms with Gasteiger partial charge in [-0.25, -0.2) is 9.18 Å². The molecule has 5 aromatic rings. The molecule has 0 aliphatic carbocycles. The molecule has 1 aliphatic heterocycles. The third-order valence-electron chi connectivity index (χ3n) is 7.35. The molecule has 4 aromatic heterocycles. The molecule has 3 N–H and O–H groups in total. The molecule has 0 atom stereocenters. The fraction of sp³-hybridized carbons (Fsp3) is 0.393. The van der Waals surface area contributed by atoms with Crippen LogP contribution in [0.4, 0.5) is 16.0 Å². The average Bonchev–Trinajstić information content (AvgIpc) is 3.67. The number of aromatic nitrogens is 5. The molecule has 0 spiro atoms. The number of aliphatic hydroxyl groups is 1. The van der Waals surface area contributed by atoms with Crippen molar-refractivity contribution in [3.8, 4) is 17.2 Å². The molecule has 41 heavy (non-hydrogen) atoms. The van der Waals surface area contributed by atoms with Gasteiger partial charge in [-0.1, -0.05) is 0 Å². The number of nitrogen functional groups attached to an aromatic ring is 1. The number of nitrogens with zero attached hydrogens (tertiary/aromatic N) is 7. The van der Waals surface area contributed by atoms with Crippen molar-refractivity contribution in [2.45, 2.75) is 26.0 Å². The van der Waals surface area contributed by atoms with Crippen LogP contribution in [-0.4, -0.2) is 78.7 Å². The summed E-state index contributed by atoms with van der Waals surface area (Å²) in [6.45, 7) is 7.11. The molecule has 5 heterocycles. The maximum atomic E-state index is 14.9. The van der Waals surface area contributed by atoms with Crippen LogP contribution < -0.4 is 21.1 Å². The molecule has 0 bridgehead atoms. The standard InChI is InChI=1S/C28H33FN8O4/c1-28(2,39)17-41-18-6-7-21(19(29)15-18)35-11-8-34(9-12-35)10-13-36-25-24(33(3)27(36)38)22-16-20(23-5-4-14-40-23)32-37(22)26(30)31-25/h4-7,14-16,39H,8-13,17H2,1-3H3,(H2,30,31). The number of imidazole rings is 1. The molecule has 1 saturated heterocycles. The van der Waals surface area contributed by atoms with E-state index in [4.69, 9.17) is 14.9 Å². The average molecular weight is 565 g/mol. The van der Waals surface area contributed by atoms with Gasteiger partial charge in [0.2, 0.25) is 5.95 Å². The van der Waals surface area contributed by atoms with Gasteiger partial charge in [0.15, 0.2) is 11.4 Å². The second-order valence-corrected chi connectivity index (χ2v) is 11.0. The molecular weight excluding hydrogens is 531 g/mol. The lowest BCUT2D eigenvalue weighted by molar-refractivity contribution is 0.0284. The van der Waals surface area contributed by atoms with Gasteiger partial charge in [0, 0.05) is 52.4 Å². The van der Waals surface area contributed by atoms with Crippen molar-refractivity contribution in [2.75, 3.05) is 50.0 Å². The highest BCUT2D eigenvalue weighted by Crippen LogP contribution is 2.27. The van der Waals surface area contributed by atoms with Gasteiger partial charge in [0.25, 0.3) is 0 Å². The van der Waals surface area contributed by atoms with Crippen LogP contribution in [0.25, 0.3) is 28.1 Å². The molecule has 12 nitrogen and oxygen atoms in total. The summed E-state index contributed by atoms with van der Waals surface area (Å²) in [7, 11) is 1.72. The number of fused-ring (bicyclic) bond motifs is 3. The molecule has 0 radical (unpaired) electrons. The van der Waals surface area contributed by atoms with E-state index in [-0.39, 0.29) is 24.1 Å². The Morgan fingerprint density at radius 3 is 2.61 bits per heavy atom. The summed E-state index contributed by atoms with van der Waals surface area (Å²) >= 11 is 0. The Kier molecular flexibility index (Phi) is 6.70. The largest absolute Gasteiger partial charge is 0.491 e. The zero-order valence-corrected chi connectivity index (χ0v) is 23.2. The van der Waals surface area contributed by atoms with Crippen LogP contribution in [0.5, 0.6) is 5.75 Å². The van der Waals surface area contributed by atoms with Crippen molar-refractivity contribution in [1.82, 2.24) is 28.6 Å². The number of halogens is 1. The van der Waals surface area contributed by atoms with Gasteiger partial charge in [-0.2, -0.15) is 14.6 Å². The number of rotatable bonds is 8. The Bertz CT molecular complexity index is 1760. The van der Waals surface area contributed by atoms with Crippen LogP contribution >= 0.6 is 0 Å². The van der Waals surface area contributed by atoms with E-state index in [0.29, 0.717) is 78.8 Å². The topological polar surface area (TPSA) is 132 Å². The third-order valence-corrected chi connectivity index (χ3v) is 7.35. The highest BCUT2D eigenvalue weighted by atomic mass is 19.1. The number of ether oxygens (including phenoxy) is 1. The van der Waals surface area contributed by atoms with Crippen LogP contribution in [0.1, 0.15) is 13.8 Å². The van der Waals surface area contributed by atoms with Crippen molar-refractivity contribution in [3.05, 3.63) is 59.0 Å². The zero-order chi connectivity index (χ0) is 28.9. The first-order valence-corrected chi connectivity index (χ1v) is 13.5. The Morgan fingerprint density at radius 2 is 1.93 bits per heavy atom. The molecule has 1 aliphatic rings. The van der Waals surface area contributed by atoms with Crippen LogP contribution in [-0.2, 0) is 13.6 Å². The van der Waals surface area contributed by atoms with Crippen LogP contribution in [0.15, 0.2) is 51.9 Å². The van der Waals surface area contributed by atoms with E-state index < -0.39 is 5.60 Å². The predicted molar refractivity (Wildman–Crippen MR) is 153 cm³/mol. The second kappa shape index (κ2) is 10.2. The van der Waals surface area contributed by atoms with Crippen LogP contribution in [0.2, 0.25) is 0 Å². The lowest BCUT2D eigenvalue weighted by Gasteiger charge is -2.36. The van der Waals surface area contributed by atoms with Crippen molar-refractivity contribution < 1.29 is 18.7 Å². The Balaban J connectivity index is 1.15. The van der Waals surface area contributed by atoms with Gasteiger partial charge in [0.1, 0.15) is 29.4 Å². The van der Waals surface area contributed by atoms with E-state index in [1.54, 1.807) is 54.5 Å².